The number of benzene rings is 5. The number of fused-ring (bicyclic) bond motifs is 10. The quantitative estimate of drug-likeness (QED) is 0.184. The minimum absolute atomic E-state index is 0.393. The summed E-state index contributed by atoms with van der Waals surface area (Å²) >= 11 is 1.88. The second-order valence-corrected chi connectivity index (χ2v) is 11.4. The van der Waals surface area contributed by atoms with Crippen LogP contribution in [0.4, 0.5) is 0 Å². The van der Waals surface area contributed by atoms with Crippen molar-refractivity contribution in [2.45, 2.75) is 38.9 Å². The first-order chi connectivity index (χ1) is 16.4. The van der Waals surface area contributed by atoms with Gasteiger partial charge in [0.1, 0.15) is 0 Å². The normalized spacial score (nSPS) is 17.6. The second-order valence-electron chi connectivity index (χ2n) is 10.4. The molecular weight excluding hydrogens is 435 g/mol. The molecule has 0 unspecified atom stereocenters. The van der Waals surface area contributed by atoms with Crippen LogP contribution in [0.3, 0.4) is 0 Å². The van der Waals surface area contributed by atoms with E-state index in [1.165, 1.54) is 52.5 Å². The fraction of sp³-hybridized carbons (Fsp3) is 0.200. The molecule has 1 aliphatic rings. The van der Waals surface area contributed by atoms with Crippen LogP contribution in [0.5, 0.6) is 0 Å². The smallest absolute Gasteiger partial charge is 0.399 e. The van der Waals surface area contributed by atoms with Crippen molar-refractivity contribution < 1.29 is 9.31 Å². The molecule has 34 heavy (non-hydrogen) atoms. The van der Waals surface area contributed by atoms with Crippen molar-refractivity contribution in [2.75, 3.05) is 0 Å². The molecule has 1 fully saturated rings. The maximum Gasteiger partial charge on any atom is 0.495 e. The summed E-state index contributed by atoms with van der Waals surface area (Å²) in [6.07, 6.45) is 0. The summed E-state index contributed by atoms with van der Waals surface area (Å²) in [5.74, 6) is 0. The maximum absolute atomic E-state index is 6.61. The Balaban J connectivity index is 1.72. The largest absolute Gasteiger partial charge is 0.495 e. The van der Waals surface area contributed by atoms with Gasteiger partial charge in [0.2, 0.25) is 0 Å². The van der Waals surface area contributed by atoms with E-state index in [2.05, 4.69) is 107 Å². The molecule has 166 valence electrons. The molecule has 0 bridgehead atoms. The molecule has 0 atom stereocenters. The zero-order valence-corrected chi connectivity index (χ0v) is 20.6. The van der Waals surface area contributed by atoms with E-state index in [9.17, 15) is 0 Å². The van der Waals surface area contributed by atoms with Gasteiger partial charge in [-0.05, 0) is 71.5 Å². The zero-order chi connectivity index (χ0) is 23.2. The van der Waals surface area contributed by atoms with Crippen molar-refractivity contribution in [3.63, 3.8) is 0 Å². The van der Waals surface area contributed by atoms with Gasteiger partial charge in [-0.15, -0.1) is 11.3 Å². The van der Waals surface area contributed by atoms with Gasteiger partial charge >= 0.3 is 7.12 Å². The van der Waals surface area contributed by atoms with Gasteiger partial charge in [-0.3, -0.25) is 0 Å². The highest BCUT2D eigenvalue weighted by Gasteiger charge is 2.52. The average Bonchev–Trinajstić information content (AvgIpc) is 3.32. The summed E-state index contributed by atoms with van der Waals surface area (Å²) in [6.45, 7) is 8.50. The van der Waals surface area contributed by atoms with Crippen LogP contribution in [0.25, 0.3) is 52.5 Å². The highest BCUT2D eigenvalue weighted by Crippen LogP contribution is 2.45. The van der Waals surface area contributed by atoms with Crippen molar-refractivity contribution in [3.8, 4) is 0 Å². The Bertz CT molecular complexity index is 1760. The molecule has 2 heterocycles. The van der Waals surface area contributed by atoms with Gasteiger partial charge in [-0.2, -0.15) is 0 Å². The molecule has 6 aromatic rings. The van der Waals surface area contributed by atoms with Crippen LogP contribution in [0.1, 0.15) is 27.7 Å². The van der Waals surface area contributed by atoms with Gasteiger partial charge in [0.15, 0.2) is 0 Å². The molecule has 5 aromatic carbocycles. The fourth-order valence-electron chi connectivity index (χ4n) is 5.45. The minimum Gasteiger partial charge on any atom is -0.399 e. The molecule has 4 heteroatoms. The molecule has 0 aliphatic carbocycles. The van der Waals surface area contributed by atoms with E-state index in [1.54, 1.807) is 0 Å². The minimum atomic E-state index is -0.417. The van der Waals surface area contributed by atoms with E-state index in [4.69, 9.17) is 9.31 Å². The summed E-state index contributed by atoms with van der Waals surface area (Å²) in [6, 6.07) is 28.6. The maximum atomic E-state index is 6.61. The Morgan fingerprint density at radius 2 is 1.09 bits per heavy atom. The Morgan fingerprint density at radius 1 is 0.588 bits per heavy atom. The summed E-state index contributed by atoms with van der Waals surface area (Å²) in [7, 11) is -0.417. The third-order valence-electron chi connectivity index (χ3n) is 7.89. The lowest BCUT2D eigenvalue weighted by molar-refractivity contribution is 0.00578. The molecule has 0 saturated carbocycles. The number of rotatable bonds is 1. The first kappa shape index (κ1) is 20.5. The van der Waals surface area contributed by atoms with Gasteiger partial charge < -0.3 is 9.31 Å². The van der Waals surface area contributed by atoms with E-state index in [0.29, 0.717) is 0 Å². The molecule has 2 nitrogen and oxygen atoms in total. The molecule has 7 rings (SSSR count). The van der Waals surface area contributed by atoms with Gasteiger partial charge in [-0.1, -0.05) is 72.8 Å². The van der Waals surface area contributed by atoms with Crippen LogP contribution >= 0.6 is 11.3 Å². The molecule has 0 spiro atoms. The van der Waals surface area contributed by atoms with E-state index in [1.807, 2.05) is 11.3 Å². The van der Waals surface area contributed by atoms with E-state index in [-0.39, 0.29) is 0 Å². The zero-order valence-electron chi connectivity index (χ0n) is 19.8. The molecule has 1 aliphatic heterocycles. The van der Waals surface area contributed by atoms with Crippen molar-refractivity contribution in [2.24, 2.45) is 0 Å². The van der Waals surface area contributed by atoms with Gasteiger partial charge in [0.25, 0.3) is 0 Å². The molecule has 1 aromatic heterocycles. The Hall–Kier alpha value is -2.92. The first-order valence-electron chi connectivity index (χ1n) is 11.9. The van der Waals surface area contributed by atoms with Crippen LogP contribution in [0, 0.1) is 0 Å². The average molecular weight is 460 g/mol. The second kappa shape index (κ2) is 6.82. The van der Waals surface area contributed by atoms with E-state index >= 15 is 0 Å². The van der Waals surface area contributed by atoms with Crippen LogP contribution < -0.4 is 5.46 Å². The molecule has 0 amide bonds. The summed E-state index contributed by atoms with van der Waals surface area (Å²) < 4.78 is 15.8. The molecule has 0 radical (unpaired) electrons. The standard InChI is InChI=1S/C30H25BO2S/c1-29(2)30(3,4)33-31(32-29)24-17-23-20-13-6-5-11-18(20)19-12-7-8-14-21(19)26(23)28-27(24)22-15-9-10-16-25(22)34-28/h5-17H,1-4H3. The van der Waals surface area contributed by atoms with E-state index < -0.39 is 18.3 Å². The predicted octanol–water partition coefficient (Wildman–Crippen LogP) is 7.81. The van der Waals surface area contributed by atoms with Gasteiger partial charge in [-0.25, -0.2) is 0 Å². The summed E-state index contributed by atoms with van der Waals surface area (Å²) in [4.78, 5) is 0. The van der Waals surface area contributed by atoms with Crippen molar-refractivity contribution in [1.29, 1.82) is 0 Å². The Morgan fingerprint density at radius 3 is 1.74 bits per heavy atom. The summed E-state index contributed by atoms with van der Waals surface area (Å²) in [5, 5.41) is 10.3. The summed E-state index contributed by atoms with van der Waals surface area (Å²) in [5.41, 5.74) is 0.339. The van der Waals surface area contributed by atoms with Crippen LogP contribution in [-0.4, -0.2) is 18.3 Å². The van der Waals surface area contributed by atoms with Crippen molar-refractivity contribution >= 4 is 76.4 Å². The lowest BCUT2D eigenvalue weighted by Gasteiger charge is -2.32. The van der Waals surface area contributed by atoms with Crippen LogP contribution in [0.2, 0.25) is 0 Å². The number of thiophene rings is 1. The number of hydrogen-bond acceptors (Lipinski definition) is 3. The lowest BCUT2D eigenvalue weighted by Crippen LogP contribution is -2.41. The highest BCUT2D eigenvalue weighted by atomic mass is 32.1. The van der Waals surface area contributed by atoms with Crippen LogP contribution in [0.15, 0.2) is 78.9 Å². The molecule has 0 N–H and O–H groups in total. The highest BCUT2D eigenvalue weighted by molar-refractivity contribution is 7.27. The van der Waals surface area contributed by atoms with Gasteiger partial charge in [0.05, 0.1) is 11.2 Å². The predicted molar refractivity (Wildman–Crippen MR) is 148 cm³/mol. The number of hydrogen-bond donors (Lipinski definition) is 0. The SMILES string of the molecule is CC1(C)OB(c2cc3c4ccccc4c4ccccc4c3c3sc4ccccc4c23)OC1(C)C. The topological polar surface area (TPSA) is 18.5 Å². The monoisotopic (exact) mass is 460 g/mol. The molecular formula is C30H25BO2S. The Labute approximate surface area is 203 Å². The van der Waals surface area contributed by atoms with Crippen LogP contribution in [-0.2, 0) is 9.31 Å². The van der Waals surface area contributed by atoms with E-state index in [0.717, 1.165) is 5.46 Å². The first-order valence-corrected chi connectivity index (χ1v) is 12.7. The third kappa shape index (κ3) is 2.65. The van der Waals surface area contributed by atoms with Crippen molar-refractivity contribution in [1.82, 2.24) is 0 Å². The Kier molecular flexibility index (Phi) is 4.10. The third-order valence-corrected chi connectivity index (χ3v) is 9.08. The van der Waals surface area contributed by atoms with Crippen molar-refractivity contribution in [3.05, 3.63) is 78.9 Å². The lowest BCUT2D eigenvalue weighted by atomic mass is 9.74. The fourth-order valence-corrected chi connectivity index (χ4v) is 6.75. The van der Waals surface area contributed by atoms with Gasteiger partial charge in [0, 0.05) is 20.2 Å². The molecule has 1 saturated heterocycles.